The fourth-order valence-corrected chi connectivity index (χ4v) is 6.22. The normalized spacial score (nSPS) is 30.4. The maximum atomic E-state index is 14.1. The van der Waals surface area contributed by atoms with Crippen molar-refractivity contribution < 1.29 is 14.3 Å². The van der Waals surface area contributed by atoms with E-state index in [0.717, 1.165) is 37.9 Å². The van der Waals surface area contributed by atoms with Gasteiger partial charge < -0.3 is 15.0 Å². The highest BCUT2D eigenvalue weighted by atomic mass is 16.6. The second-order valence-corrected chi connectivity index (χ2v) is 11.1. The molecule has 1 aliphatic carbocycles. The summed E-state index contributed by atoms with van der Waals surface area (Å²) >= 11 is 0. The quantitative estimate of drug-likeness (QED) is 0.647. The van der Waals surface area contributed by atoms with Crippen LogP contribution in [0.25, 0.3) is 0 Å². The molecule has 0 spiro atoms. The van der Waals surface area contributed by atoms with Crippen molar-refractivity contribution in [2.75, 3.05) is 18.4 Å². The van der Waals surface area contributed by atoms with E-state index in [1.54, 1.807) is 4.90 Å². The summed E-state index contributed by atoms with van der Waals surface area (Å²) in [4.78, 5) is 30.8. The number of carbonyl (C=O) groups is 2. The van der Waals surface area contributed by atoms with Crippen LogP contribution in [-0.4, -0.2) is 52.6 Å². The second-order valence-electron chi connectivity index (χ2n) is 11.1. The Kier molecular flexibility index (Phi) is 6.17. The fraction of sp³-hybridized carbons (Fsp3) is 0.571. The van der Waals surface area contributed by atoms with Crippen molar-refractivity contribution in [3.63, 3.8) is 0 Å². The number of para-hydroxylation sites is 1. The molecule has 0 saturated carbocycles. The summed E-state index contributed by atoms with van der Waals surface area (Å²) in [5, 5.41) is 3.82. The molecule has 2 amide bonds. The Bertz CT molecular complexity index is 995. The number of likely N-dealkylation sites (tertiary alicyclic amines) is 2. The van der Waals surface area contributed by atoms with E-state index >= 15 is 0 Å². The minimum Gasteiger partial charge on any atom is -0.444 e. The van der Waals surface area contributed by atoms with Crippen LogP contribution in [0.2, 0.25) is 0 Å². The maximum absolute atomic E-state index is 14.1. The molecule has 5 rings (SSSR count). The number of nitrogens with zero attached hydrogens (tertiary/aromatic N) is 2. The van der Waals surface area contributed by atoms with E-state index in [-0.39, 0.29) is 24.1 Å². The number of benzene rings is 1. The maximum Gasteiger partial charge on any atom is 0.410 e. The first-order valence-electron chi connectivity index (χ1n) is 12.8. The molecule has 34 heavy (non-hydrogen) atoms. The second kappa shape index (κ2) is 9.12. The van der Waals surface area contributed by atoms with Gasteiger partial charge in [0.05, 0.1) is 6.04 Å². The number of anilines is 1. The number of hydrogen-bond acceptors (Lipinski definition) is 4. The SMILES string of the molecule is CC(C)(C)OC(=O)N1CCCC[C@@H]1C(=O)N1CC[C@@H]2[C@H](C3C=CC=CC3)Nc3ccccc3[C@@H]21. The van der Waals surface area contributed by atoms with Gasteiger partial charge in [0.15, 0.2) is 0 Å². The summed E-state index contributed by atoms with van der Waals surface area (Å²) in [6.07, 6.45) is 13.0. The van der Waals surface area contributed by atoms with Gasteiger partial charge in [-0.2, -0.15) is 0 Å². The molecule has 1 aromatic carbocycles. The molecule has 0 aromatic heterocycles. The minimum atomic E-state index is -0.579. The molecule has 182 valence electrons. The van der Waals surface area contributed by atoms with Crippen molar-refractivity contribution in [3.05, 3.63) is 54.1 Å². The van der Waals surface area contributed by atoms with E-state index in [1.165, 1.54) is 5.56 Å². The van der Waals surface area contributed by atoms with Crippen LogP contribution in [0.1, 0.15) is 64.5 Å². The van der Waals surface area contributed by atoms with Gasteiger partial charge in [0.25, 0.3) is 0 Å². The predicted octanol–water partition coefficient (Wildman–Crippen LogP) is 5.29. The first-order chi connectivity index (χ1) is 16.3. The topological polar surface area (TPSA) is 61.9 Å². The third-order valence-electron chi connectivity index (χ3n) is 7.68. The fourth-order valence-electron chi connectivity index (χ4n) is 6.22. The molecule has 0 bridgehead atoms. The zero-order valence-electron chi connectivity index (χ0n) is 20.6. The summed E-state index contributed by atoms with van der Waals surface area (Å²) in [6, 6.07) is 8.30. The highest BCUT2D eigenvalue weighted by Crippen LogP contribution is 2.49. The van der Waals surface area contributed by atoms with Crippen LogP contribution in [0.15, 0.2) is 48.6 Å². The zero-order valence-corrected chi connectivity index (χ0v) is 20.6. The third-order valence-corrected chi connectivity index (χ3v) is 7.68. The molecule has 3 heterocycles. The number of hydrogen-bond donors (Lipinski definition) is 1. The summed E-state index contributed by atoms with van der Waals surface area (Å²) in [6.45, 7) is 6.92. The Morgan fingerprint density at radius 3 is 2.62 bits per heavy atom. The molecule has 3 aliphatic heterocycles. The summed E-state index contributed by atoms with van der Waals surface area (Å²) in [7, 11) is 0. The van der Waals surface area contributed by atoms with Crippen LogP contribution < -0.4 is 5.32 Å². The van der Waals surface area contributed by atoms with Gasteiger partial charge >= 0.3 is 6.09 Å². The lowest BCUT2D eigenvalue weighted by Crippen LogP contribution is -2.54. The highest BCUT2D eigenvalue weighted by Gasteiger charge is 2.49. The predicted molar refractivity (Wildman–Crippen MR) is 133 cm³/mol. The number of ether oxygens (including phenoxy) is 1. The molecule has 4 aliphatic rings. The van der Waals surface area contributed by atoms with Gasteiger partial charge in [-0.05, 0) is 64.5 Å². The summed E-state index contributed by atoms with van der Waals surface area (Å²) < 4.78 is 5.67. The lowest BCUT2D eigenvalue weighted by Gasteiger charge is -2.44. The molecule has 1 unspecified atom stereocenters. The van der Waals surface area contributed by atoms with E-state index in [2.05, 4.69) is 58.8 Å². The molecule has 5 atom stereocenters. The standard InChI is InChI=1S/C28H37N3O3/c1-28(2,3)34-27(33)30-17-10-9-15-23(30)26(32)31-18-16-21-24(19-11-5-4-6-12-19)29-22-14-8-7-13-20(22)25(21)31/h4-8,11,13-14,19,21,23-25,29H,9-10,12,15-18H2,1-3H3/t19?,21-,23-,24+,25+/m1/s1. The number of amides is 2. The van der Waals surface area contributed by atoms with Gasteiger partial charge in [-0.25, -0.2) is 4.79 Å². The van der Waals surface area contributed by atoms with Crippen LogP contribution in [0, 0.1) is 11.8 Å². The van der Waals surface area contributed by atoms with Crippen molar-refractivity contribution in [2.45, 2.75) is 76.6 Å². The zero-order chi connectivity index (χ0) is 23.9. The monoisotopic (exact) mass is 463 g/mol. The minimum absolute atomic E-state index is 0.0386. The number of allylic oxidation sites excluding steroid dienone is 3. The van der Waals surface area contributed by atoms with Crippen molar-refractivity contribution >= 4 is 17.7 Å². The molecular formula is C28H37N3O3. The lowest BCUT2D eigenvalue weighted by molar-refractivity contribution is -0.139. The molecule has 1 aromatic rings. The van der Waals surface area contributed by atoms with Crippen LogP contribution in [-0.2, 0) is 9.53 Å². The molecule has 0 radical (unpaired) electrons. The van der Waals surface area contributed by atoms with Crippen LogP contribution in [0.3, 0.4) is 0 Å². The number of carbonyl (C=O) groups excluding carboxylic acids is 2. The van der Waals surface area contributed by atoms with Crippen molar-refractivity contribution in [2.24, 2.45) is 11.8 Å². The van der Waals surface area contributed by atoms with Crippen LogP contribution >= 0.6 is 0 Å². The van der Waals surface area contributed by atoms with Crippen LogP contribution in [0.5, 0.6) is 0 Å². The largest absolute Gasteiger partial charge is 0.444 e. The molecule has 1 N–H and O–H groups in total. The average Bonchev–Trinajstić information content (AvgIpc) is 3.28. The molecule has 6 heteroatoms. The molecular weight excluding hydrogens is 426 g/mol. The van der Waals surface area contributed by atoms with E-state index < -0.39 is 11.6 Å². The van der Waals surface area contributed by atoms with Crippen molar-refractivity contribution in [1.82, 2.24) is 9.80 Å². The van der Waals surface area contributed by atoms with Crippen LogP contribution in [0.4, 0.5) is 10.5 Å². The van der Waals surface area contributed by atoms with E-state index in [0.29, 0.717) is 24.8 Å². The molecule has 6 nitrogen and oxygen atoms in total. The van der Waals surface area contributed by atoms with Gasteiger partial charge in [-0.1, -0.05) is 42.5 Å². The third kappa shape index (κ3) is 4.35. The Balaban J connectivity index is 1.43. The smallest absolute Gasteiger partial charge is 0.410 e. The van der Waals surface area contributed by atoms with Gasteiger partial charge in [-0.15, -0.1) is 0 Å². The summed E-state index contributed by atoms with van der Waals surface area (Å²) in [5.41, 5.74) is 1.75. The summed E-state index contributed by atoms with van der Waals surface area (Å²) in [5.74, 6) is 0.833. The van der Waals surface area contributed by atoms with Gasteiger partial charge in [-0.3, -0.25) is 9.69 Å². The van der Waals surface area contributed by atoms with E-state index in [4.69, 9.17) is 4.74 Å². The van der Waals surface area contributed by atoms with E-state index in [9.17, 15) is 9.59 Å². The van der Waals surface area contributed by atoms with E-state index in [1.807, 2.05) is 20.8 Å². The number of nitrogens with one attached hydrogen (secondary N) is 1. The highest BCUT2D eigenvalue weighted by molar-refractivity contribution is 5.87. The average molecular weight is 464 g/mol. The molecule has 2 saturated heterocycles. The number of fused-ring (bicyclic) bond motifs is 3. The van der Waals surface area contributed by atoms with Gasteiger partial charge in [0.2, 0.25) is 5.91 Å². The lowest BCUT2D eigenvalue weighted by atomic mass is 9.75. The first-order valence-corrected chi connectivity index (χ1v) is 12.8. The number of rotatable bonds is 2. The number of piperidine rings is 1. The molecule has 2 fully saturated rings. The Morgan fingerprint density at radius 1 is 1.03 bits per heavy atom. The Labute approximate surface area is 203 Å². The Hall–Kier alpha value is -2.76. The van der Waals surface area contributed by atoms with Gasteiger partial charge in [0.1, 0.15) is 11.6 Å². The van der Waals surface area contributed by atoms with Gasteiger partial charge in [0, 0.05) is 36.7 Å². The first kappa shape index (κ1) is 23.0. The Morgan fingerprint density at radius 2 is 1.85 bits per heavy atom. The van der Waals surface area contributed by atoms with Crippen molar-refractivity contribution in [1.29, 1.82) is 0 Å². The van der Waals surface area contributed by atoms with Crippen molar-refractivity contribution in [3.8, 4) is 0 Å².